The average molecular weight is 370 g/mol. The monoisotopic (exact) mass is 369 g/mol. The predicted octanol–water partition coefficient (Wildman–Crippen LogP) is 2.76. The second-order valence-corrected chi connectivity index (χ2v) is 7.77. The summed E-state index contributed by atoms with van der Waals surface area (Å²) in [6.45, 7) is 13.3. The zero-order valence-electron chi connectivity index (χ0n) is 17.0. The molecule has 0 unspecified atom stereocenters. The van der Waals surface area contributed by atoms with Crippen molar-refractivity contribution >= 4 is 5.91 Å². The van der Waals surface area contributed by atoms with E-state index in [0.29, 0.717) is 5.92 Å². The molecule has 146 valence electrons. The SMILES string of the molecule is CCn1nc(CC(C)C)cc1C(=O)N1CCN(Cc2ncccc2C)CC1. The molecule has 1 amide bonds. The molecule has 2 aromatic rings. The number of carbonyl (C=O) groups excluding carboxylic acids is 1. The van der Waals surface area contributed by atoms with Crippen LogP contribution in [0.5, 0.6) is 0 Å². The molecular formula is C21H31N5O. The lowest BCUT2D eigenvalue weighted by Crippen LogP contribution is -2.48. The highest BCUT2D eigenvalue weighted by atomic mass is 16.2. The van der Waals surface area contributed by atoms with Crippen LogP contribution in [0, 0.1) is 12.8 Å². The van der Waals surface area contributed by atoms with Crippen LogP contribution in [0.4, 0.5) is 0 Å². The van der Waals surface area contributed by atoms with Crippen LogP contribution in [0.2, 0.25) is 0 Å². The molecule has 1 fully saturated rings. The average Bonchev–Trinajstić information content (AvgIpc) is 3.06. The van der Waals surface area contributed by atoms with Gasteiger partial charge in [-0.1, -0.05) is 19.9 Å². The van der Waals surface area contributed by atoms with Gasteiger partial charge in [-0.25, -0.2) is 0 Å². The van der Waals surface area contributed by atoms with Gasteiger partial charge in [0.25, 0.3) is 5.91 Å². The first-order valence-corrected chi connectivity index (χ1v) is 9.96. The summed E-state index contributed by atoms with van der Waals surface area (Å²) in [4.78, 5) is 21.9. The van der Waals surface area contributed by atoms with Crippen LogP contribution >= 0.6 is 0 Å². The summed E-state index contributed by atoms with van der Waals surface area (Å²) in [5.74, 6) is 0.639. The molecule has 0 bridgehead atoms. The lowest BCUT2D eigenvalue weighted by molar-refractivity contribution is 0.0614. The number of amides is 1. The molecule has 0 aromatic carbocycles. The molecule has 0 atom stereocenters. The molecule has 1 saturated heterocycles. The van der Waals surface area contributed by atoms with Crippen molar-refractivity contribution in [3.05, 3.63) is 47.0 Å². The second kappa shape index (κ2) is 8.65. The maximum absolute atomic E-state index is 13.0. The van der Waals surface area contributed by atoms with Crippen LogP contribution in [0.25, 0.3) is 0 Å². The highest BCUT2D eigenvalue weighted by Crippen LogP contribution is 2.15. The van der Waals surface area contributed by atoms with E-state index in [0.717, 1.165) is 62.8 Å². The topological polar surface area (TPSA) is 54.3 Å². The third-order valence-electron chi connectivity index (χ3n) is 5.12. The van der Waals surface area contributed by atoms with Crippen molar-refractivity contribution in [2.75, 3.05) is 26.2 Å². The summed E-state index contributed by atoms with van der Waals surface area (Å²) in [5, 5.41) is 4.62. The zero-order valence-corrected chi connectivity index (χ0v) is 17.0. The second-order valence-electron chi connectivity index (χ2n) is 7.77. The third kappa shape index (κ3) is 4.75. The Hall–Kier alpha value is -2.21. The number of aryl methyl sites for hydroxylation is 2. The van der Waals surface area contributed by atoms with Crippen LogP contribution in [0.15, 0.2) is 24.4 Å². The molecule has 2 aromatic heterocycles. The molecule has 0 radical (unpaired) electrons. The van der Waals surface area contributed by atoms with Gasteiger partial charge in [-0.15, -0.1) is 0 Å². The maximum atomic E-state index is 13.0. The number of aromatic nitrogens is 3. The van der Waals surface area contributed by atoms with E-state index >= 15 is 0 Å². The van der Waals surface area contributed by atoms with E-state index in [1.165, 1.54) is 5.56 Å². The first-order valence-electron chi connectivity index (χ1n) is 9.96. The lowest BCUT2D eigenvalue weighted by Gasteiger charge is -2.34. The van der Waals surface area contributed by atoms with Gasteiger partial charge in [-0.2, -0.15) is 5.10 Å². The fourth-order valence-electron chi connectivity index (χ4n) is 3.57. The van der Waals surface area contributed by atoms with Gasteiger partial charge in [0.05, 0.1) is 11.4 Å². The Morgan fingerprint density at radius 3 is 2.59 bits per heavy atom. The summed E-state index contributed by atoms with van der Waals surface area (Å²) in [7, 11) is 0. The zero-order chi connectivity index (χ0) is 19.4. The standard InChI is InChI=1S/C21H31N5O/c1-5-26-20(14-18(23-26)13-16(2)3)21(27)25-11-9-24(10-12-25)15-19-17(4)7-6-8-22-19/h6-8,14,16H,5,9-13,15H2,1-4H3. The highest BCUT2D eigenvalue weighted by molar-refractivity contribution is 5.92. The molecule has 0 aliphatic carbocycles. The van der Waals surface area contributed by atoms with E-state index in [9.17, 15) is 4.79 Å². The van der Waals surface area contributed by atoms with Crippen LogP contribution in [0.3, 0.4) is 0 Å². The van der Waals surface area contributed by atoms with Crippen molar-refractivity contribution in [2.24, 2.45) is 5.92 Å². The van der Waals surface area contributed by atoms with Gasteiger partial charge in [0, 0.05) is 45.5 Å². The molecule has 0 spiro atoms. The molecular weight excluding hydrogens is 338 g/mol. The maximum Gasteiger partial charge on any atom is 0.272 e. The fourth-order valence-corrected chi connectivity index (χ4v) is 3.57. The highest BCUT2D eigenvalue weighted by Gasteiger charge is 2.25. The van der Waals surface area contributed by atoms with Gasteiger partial charge in [-0.3, -0.25) is 19.4 Å². The Morgan fingerprint density at radius 1 is 1.22 bits per heavy atom. The summed E-state index contributed by atoms with van der Waals surface area (Å²) in [6, 6.07) is 6.05. The van der Waals surface area contributed by atoms with E-state index in [-0.39, 0.29) is 5.91 Å². The van der Waals surface area contributed by atoms with Gasteiger partial charge in [-0.05, 0) is 43.9 Å². The Balaban J connectivity index is 1.61. The molecule has 3 rings (SSSR count). The van der Waals surface area contributed by atoms with Crippen molar-refractivity contribution in [3.8, 4) is 0 Å². The van der Waals surface area contributed by atoms with E-state index in [4.69, 9.17) is 0 Å². The van der Waals surface area contributed by atoms with Gasteiger partial charge >= 0.3 is 0 Å². The molecule has 0 saturated carbocycles. The van der Waals surface area contributed by atoms with Crippen molar-refractivity contribution in [1.82, 2.24) is 24.6 Å². The predicted molar refractivity (Wildman–Crippen MR) is 107 cm³/mol. The van der Waals surface area contributed by atoms with Crippen molar-refractivity contribution in [3.63, 3.8) is 0 Å². The minimum Gasteiger partial charge on any atom is -0.335 e. The summed E-state index contributed by atoms with van der Waals surface area (Å²) in [6.07, 6.45) is 2.76. The minimum atomic E-state index is 0.105. The van der Waals surface area contributed by atoms with E-state index in [2.05, 4.69) is 41.8 Å². The molecule has 0 N–H and O–H groups in total. The van der Waals surface area contributed by atoms with Crippen molar-refractivity contribution in [1.29, 1.82) is 0 Å². The Kier molecular flexibility index (Phi) is 6.26. The smallest absolute Gasteiger partial charge is 0.272 e. The van der Waals surface area contributed by atoms with Gasteiger partial charge in [0.15, 0.2) is 0 Å². The molecule has 1 aliphatic rings. The number of piperazine rings is 1. The van der Waals surface area contributed by atoms with E-state index in [1.54, 1.807) is 0 Å². The van der Waals surface area contributed by atoms with E-state index < -0.39 is 0 Å². The van der Waals surface area contributed by atoms with Gasteiger partial charge < -0.3 is 4.90 Å². The van der Waals surface area contributed by atoms with Crippen molar-refractivity contribution < 1.29 is 4.79 Å². The van der Waals surface area contributed by atoms with Crippen molar-refractivity contribution in [2.45, 2.75) is 47.2 Å². The quantitative estimate of drug-likeness (QED) is 0.786. The molecule has 6 heteroatoms. The Labute approximate surface area is 162 Å². The summed E-state index contributed by atoms with van der Waals surface area (Å²) >= 11 is 0. The Morgan fingerprint density at radius 2 is 1.96 bits per heavy atom. The number of hydrogen-bond donors (Lipinski definition) is 0. The van der Waals surface area contributed by atoms with Crippen LogP contribution < -0.4 is 0 Å². The number of carbonyl (C=O) groups is 1. The Bertz CT molecular complexity index is 775. The molecule has 6 nitrogen and oxygen atoms in total. The number of hydrogen-bond acceptors (Lipinski definition) is 4. The first kappa shape index (κ1) is 19.5. The lowest BCUT2D eigenvalue weighted by atomic mass is 10.1. The largest absolute Gasteiger partial charge is 0.335 e. The van der Waals surface area contributed by atoms with E-state index in [1.807, 2.05) is 34.8 Å². The number of pyridine rings is 1. The number of rotatable bonds is 6. The molecule has 3 heterocycles. The first-order chi connectivity index (χ1) is 13.0. The fraction of sp³-hybridized carbons (Fsp3) is 0.571. The normalized spacial score (nSPS) is 15.5. The summed E-state index contributed by atoms with van der Waals surface area (Å²) < 4.78 is 1.85. The summed E-state index contributed by atoms with van der Waals surface area (Å²) in [5.41, 5.74) is 4.09. The minimum absolute atomic E-state index is 0.105. The van der Waals surface area contributed by atoms with Crippen LogP contribution in [-0.4, -0.2) is 56.7 Å². The van der Waals surface area contributed by atoms with Gasteiger partial charge in [0.2, 0.25) is 0 Å². The molecule has 27 heavy (non-hydrogen) atoms. The van der Waals surface area contributed by atoms with Crippen LogP contribution in [0.1, 0.15) is 48.2 Å². The van der Waals surface area contributed by atoms with Gasteiger partial charge in [0.1, 0.15) is 5.69 Å². The number of nitrogens with zero attached hydrogens (tertiary/aromatic N) is 5. The third-order valence-corrected chi connectivity index (χ3v) is 5.12. The molecule has 1 aliphatic heterocycles. The van der Waals surface area contributed by atoms with Crippen LogP contribution in [-0.2, 0) is 19.5 Å².